The number of aromatic nitrogens is 5. The van der Waals surface area contributed by atoms with Crippen molar-refractivity contribution in [2.24, 2.45) is 0 Å². The Hall–Kier alpha value is -3.06. The molecule has 0 aliphatic carbocycles. The van der Waals surface area contributed by atoms with E-state index in [0.29, 0.717) is 0 Å². The smallest absolute Gasteiger partial charge is 0.232 e. The molecule has 2 aromatic heterocycles. The van der Waals surface area contributed by atoms with Gasteiger partial charge in [0.1, 0.15) is 0 Å². The van der Waals surface area contributed by atoms with Crippen molar-refractivity contribution in [1.82, 2.24) is 24.5 Å². The Morgan fingerprint density at radius 1 is 0.900 bits per heavy atom. The number of hydrogen-bond acceptors (Lipinski definition) is 5. The minimum Gasteiger partial charge on any atom is -0.341 e. The maximum atomic E-state index is 4.56. The summed E-state index contributed by atoms with van der Waals surface area (Å²) in [6, 6.07) is 19.0. The molecule has 3 heterocycles. The Bertz CT molecular complexity index is 1090. The molecule has 1 fully saturated rings. The molecule has 2 aromatic carbocycles. The molecular weight excluding hydrogens is 392 g/mol. The summed E-state index contributed by atoms with van der Waals surface area (Å²) < 4.78 is 4.07. The average molecular weight is 417 g/mol. The van der Waals surface area contributed by atoms with Crippen LogP contribution in [0, 0.1) is 6.92 Å². The summed E-state index contributed by atoms with van der Waals surface area (Å²) in [6.45, 7) is 4.20. The molecule has 0 amide bonds. The molecule has 152 valence electrons. The summed E-state index contributed by atoms with van der Waals surface area (Å²) in [5.74, 6) is 1.79. The third kappa shape index (κ3) is 3.85. The molecule has 0 atom stereocenters. The molecule has 0 saturated carbocycles. The second-order valence-corrected chi connectivity index (χ2v) is 8.50. The lowest BCUT2D eigenvalue weighted by Crippen LogP contribution is -2.22. The SMILES string of the molecule is Cc1ccc(-n2c(SCc3ccc(-n4cccn4)cc3)nnc2N2CCCC2)cc1. The van der Waals surface area contributed by atoms with Crippen LogP contribution in [0.1, 0.15) is 24.0 Å². The molecule has 0 radical (unpaired) electrons. The van der Waals surface area contributed by atoms with Crippen LogP contribution in [0.15, 0.2) is 72.1 Å². The highest BCUT2D eigenvalue weighted by atomic mass is 32.2. The molecule has 0 N–H and O–H groups in total. The van der Waals surface area contributed by atoms with E-state index in [0.717, 1.165) is 41.3 Å². The van der Waals surface area contributed by atoms with Crippen LogP contribution in [0.3, 0.4) is 0 Å². The van der Waals surface area contributed by atoms with Gasteiger partial charge in [-0.15, -0.1) is 10.2 Å². The zero-order valence-corrected chi connectivity index (χ0v) is 17.8. The first-order chi connectivity index (χ1) is 14.8. The first kappa shape index (κ1) is 18.9. The lowest BCUT2D eigenvalue weighted by molar-refractivity contribution is 0.841. The van der Waals surface area contributed by atoms with Crippen molar-refractivity contribution >= 4 is 17.7 Å². The summed E-state index contributed by atoms with van der Waals surface area (Å²) in [7, 11) is 0. The van der Waals surface area contributed by atoms with Crippen LogP contribution >= 0.6 is 11.8 Å². The van der Waals surface area contributed by atoms with Gasteiger partial charge in [-0.2, -0.15) is 5.10 Å². The highest BCUT2D eigenvalue weighted by molar-refractivity contribution is 7.98. The van der Waals surface area contributed by atoms with Gasteiger partial charge in [-0.25, -0.2) is 4.68 Å². The van der Waals surface area contributed by atoms with Gasteiger partial charge in [-0.3, -0.25) is 4.57 Å². The summed E-state index contributed by atoms with van der Waals surface area (Å²) >= 11 is 1.72. The van der Waals surface area contributed by atoms with Crippen molar-refractivity contribution in [1.29, 1.82) is 0 Å². The molecule has 30 heavy (non-hydrogen) atoms. The number of aryl methyl sites for hydroxylation is 1. The standard InChI is InChI=1S/C23H24N6S/c1-18-5-9-21(10-6-18)29-22(27-14-2-3-15-27)25-26-23(29)30-17-19-7-11-20(12-8-19)28-16-4-13-24-28/h4-13,16H,2-3,14-15,17H2,1H3. The molecule has 0 bridgehead atoms. The molecule has 4 aromatic rings. The zero-order chi connectivity index (χ0) is 20.3. The van der Waals surface area contributed by atoms with Gasteiger partial charge >= 0.3 is 0 Å². The number of hydrogen-bond donors (Lipinski definition) is 0. The maximum Gasteiger partial charge on any atom is 0.232 e. The second kappa shape index (κ2) is 8.36. The van der Waals surface area contributed by atoms with E-state index in [1.165, 1.54) is 24.0 Å². The van der Waals surface area contributed by atoms with Gasteiger partial charge < -0.3 is 4.90 Å². The third-order valence-electron chi connectivity index (χ3n) is 5.37. The van der Waals surface area contributed by atoms with E-state index in [1.807, 2.05) is 16.9 Å². The Morgan fingerprint density at radius 2 is 1.63 bits per heavy atom. The summed E-state index contributed by atoms with van der Waals surface area (Å²) in [4.78, 5) is 2.34. The van der Waals surface area contributed by atoms with E-state index in [4.69, 9.17) is 0 Å². The Morgan fingerprint density at radius 3 is 2.33 bits per heavy atom. The van der Waals surface area contributed by atoms with Gasteiger partial charge in [0.15, 0.2) is 5.16 Å². The first-order valence-corrected chi connectivity index (χ1v) is 11.3. The van der Waals surface area contributed by atoms with E-state index in [-0.39, 0.29) is 0 Å². The minimum atomic E-state index is 0.837. The quantitative estimate of drug-likeness (QED) is 0.428. The van der Waals surface area contributed by atoms with E-state index >= 15 is 0 Å². The average Bonchev–Trinajstić information content (AvgIpc) is 3.55. The normalized spacial score (nSPS) is 13.8. The molecule has 0 unspecified atom stereocenters. The molecule has 5 rings (SSSR count). The molecule has 1 aliphatic rings. The van der Waals surface area contributed by atoms with E-state index in [9.17, 15) is 0 Å². The summed E-state index contributed by atoms with van der Waals surface area (Å²) in [6.07, 6.45) is 6.17. The number of thioether (sulfide) groups is 1. The van der Waals surface area contributed by atoms with Gasteiger partial charge in [0.05, 0.1) is 11.4 Å². The lowest BCUT2D eigenvalue weighted by atomic mass is 10.2. The minimum absolute atomic E-state index is 0.837. The molecule has 0 spiro atoms. The predicted octanol–water partition coefficient (Wildman–Crippen LogP) is 4.65. The van der Waals surface area contributed by atoms with Crippen LogP contribution in [0.4, 0.5) is 5.95 Å². The molecular formula is C23H24N6S. The maximum absolute atomic E-state index is 4.56. The van der Waals surface area contributed by atoms with Gasteiger partial charge in [0.25, 0.3) is 0 Å². The monoisotopic (exact) mass is 416 g/mol. The van der Waals surface area contributed by atoms with Gasteiger partial charge in [0, 0.05) is 31.2 Å². The largest absolute Gasteiger partial charge is 0.341 e. The summed E-state index contributed by atoms with van der Waals surface area (Å²) in [5.41, 5.74) is 4.68. The molecule has 1 saturated heterocycles. The van der Waals surface area contributed by atoms with Crippen LogP contribution in [0.5, 0.6) is 0 Å². The molecule has 1 aliphatic heterocycles. The number of nitrogens with zero attached hydrogens (tertiary/aromatic N) is 6. The third-order valence-corrected chi connectivity index (χ3v) is 6.37. The highest BCUT2D eigenvalue weighted by Gasteiger charge is 2.22. The predicted molar refractivity (Wildman–Crippen MR) is 121 cm³/mol. The van der Waals surface area contributed by atoms with Crippen molar-refractivity contribution in [2.75, 3.05) is 18.0 Å². The summed E-state index contributed by atoms with van der Waals surface area (Å²) in [5, 5.41) is 14.3. The van der Waals surface area contributed by atoms with Crippen LogP contribution in [0.2, 0.25) is 0 Å². The van der Waals surface area contributed by atoms with E-state index in [2.05, 4.69) is 80.2 Å². The van der Waals surface area contributed by atoms with Crippen molar-refractivity contribution in [3.8, 4) is 11.4 Å². The fourth-order valence-electron chi connectivity index (χ4n) is 3.71. The van der Waals surface area contributed by atoms with Crippen LogP contribution in [0.25, 0.3) is 11.4 Å². The van der Waals surface area contributed by atoms with Crippen molar-refractivity contribution < 1.29 is 0 Å². The lowest BCUT2D eigenvalue weighted by Gasteiger charge is -2.18. The molecule has 6 nitrogen and oxygen atoms in total. The first-order valence-electron chi connectivity index (χ1n) is 10.3. The van der Waals surface area contributed by atoms with Crippen LogP contribution in [-0.4, -0.2) is 37.6 Å². The Labute approximate surface area is 180 Å². The van der Waals surface area contributed by atoms with E-state index in [1.54, 1.807) is 18.0 Å². The van der Waals surface area contributed by atoms with Crippen molar-refractivity contribution in [3.05, 3.63) is 78.1 Å². The van der Waals surface area contributed by atoms with Gasteiger partial charge in [-0.1, -0.05) is 41.6 Å². The van der Waals surface area contributed by atoms with Crippen molar-refractivity contribution in [2.45, 2.75) is 30.7 Å². The number of rotatable bonds is 6. The number of anilines is 1. The van der Waals surface area contributed by atoms with Gasteiger partial charge in [-0.05, 0) is 55.7 Å². The van der Waals surface area contributed by atoms with Crippen molar-refractivity contribution in [3.63, 3.8) is 0 Å². The Kier molecular flexibility index (Phi) is 5.27. The topological polar surface area (TPSA) is 51.8 Å². The second-order valence-electron chi connectivity index (χ2n) is 7.55. The van der Waals surface area contributed by atoms with E-state index < -0.39 is 0 Å². The number of benzene rings is 2. The fourth-order valence-corrected chi connectivity index (χ4v) is 4.61. The molecule has 7 heteroatoms. The zero-order valence-electron chi connectivity index (χ0n) is 17.0. The Balaban J connectivity index is 1.39. The highest BCUT2D eigenvalue weighted by Crippen LogP contribution is 2.30. The fraction of sp³-hybridized carbons (Fsp3) is 0.261. The van der Waals surface area contributed by atoms with Gasteiger partial charge in [0.2, 0.25) is 5.95 Å². The van der Waals surface area contributed by atoms with Crippen LogP contribution < -0.4 is 4.90 Å². The van der Waals surface area contributed by atoms with Crippen LogP contribution in [-0.2, 0) is 5.75 Å².